The van der Waals surface area contributed by atoms with E-state index >= 15 is 0 Å². The van der Waals surface area contributed by atoms with Gasteiger partial charge in [0.2, 0.25) is 0 Å². The minimum absolute atomic E-state index is 0.995. The van der Waals surface area contributed by atoms with Crippen molar-refractivity contribution in [2.45, 2.75) is 20.0 Å². The number of halogens is 1. The van der Waals surface area contributed by atoms with Crippen molar-refractivity contribution < 1.29 is 0 Å². The summed E-state index contributed by atoms with van der Waals surface area (Å²) in [6.45, 7) is 4.13. The van der Waals surface area contributed by atoms with Gasteiger partial charge in [-0.1, -0.05) is 29.8 Å². The van der Waals surface area contributed by atoms with Crippen LogP contribution in [0.4, 0.5) is 0 Å². The quantitative estimate of drug-likeness (QED) is 0.806. The largest absolute Gasteiger partial charge is 0.298 e. The first-order valence-corrected chi connectivity index (χ1v) is 7.28. The van der Waals surface area contributed by atoms with Crippen LogP contribution in [0.2, 0.25) is 0 Å². The molecule has 3 heteroatoms. The summed E-state index contributed by atoms with van der Waals surface area (Å²) < 4.78 is 1.21. The lowest BCUT2D eigenvalue weighted by Gasteiger charge is -2.16. The van der Waals surface area contributed by atoms with Crippen LogP contribution < -0.4 is 0 Å². The van der Waals surface area contributed by atoms with Gasteiger partial charge in [-0.3, -0.25) is 4.90 Å². The van der Waals surface area contributed by atoms with Crippen LogP contribution in [-0.4, -0.2) is 11.9 Å². The Morgan fingerprint density at radius 2 is 1.94 bits per heavy atom. The minimum atomic E-state index is 0.995. The molecule has 1 nitrogen and oxygen atoms in total. The van der Waals surface area contributed by atoms with Gasteiger partial charge in [0.25, 0.3) is 0 Å². The first-order chi connectivity index (χ1) is 8.13. The normalized spacial score (nSPS) is 11.1. The molecule has 0 radical (unpaired) electrons. The highest BCUT2D eigenvalue weighted by Crippen LogP contribution is 2.21. The van der Waals surface area contributed by atoms with E-state index in [1.165, 1.54) is 20.5 Å². The highest BCUT2D eigenvalue weighted by atomic mass is 79.9. The van der Waals surface area contributed by atoms with Gasteiger partial charge in [-0.05, 0) is 52.5 Å². The fourth-order valence-electron chi connectivity index (χ4n) is 1.92. The average molecular weight is 310 g/mol. The molecule has 0 fully saturated rings. The van der Waals surface area contributed by atoms with Crippen LogP contribution in [0.15, 0.2) is 39.5 Å². The Labute approximate surface area is 115 Å². The lowest BCUT2D eigenvalue weighted by Crippen LogP contribution is -2.16. The highest BCUT2D eigenvalue weighted by Gasteiger charge is 2.03. The van der Waals surface area contributed by atoms with Crippen LogP contribution in [0.25, 0.3) is 0 Å². The molecule has 90 valence electrons. The standard InChI is InChI=1S/C14H16BrNS/c1-11-4-3-5-12(6-11)8-16(2)9-13-7-14(15)17-10-13/h3-7,10H,8-9H2,1-2H3. The van der Waals surface area contributed by atoms with Crippen molar-refractivity contribution in [2.24, 2.45) is 0 Å². The number of nitrogens with zero attached hydrogens (tertiary/aromatic N) is 1. The van der Waals surface area contributed by atoms with Crippen LogP contribution in [0, 0.1) is 6.92 Å². The van der Waals surface area contributed by atoms with Gasteiger partial charge in [-0.25, -0.2) is 0 Å². The van der Waals surface area contributed by atoms with Crippen LogP contribution in [0.3, 0.4) is 0 Å². The molecule has 0 N–H and O–H groups in total. The molecule has 0 aliphatic carbocycles. The van der Waals surface area contributed by atoms with Gasteiger partial charge >= 0.3 is 0 Å². The minimum Gasteiger partial charge on any atom is -0.298 e. The first kappa shape index (κ1) is 12.8. The van der Waals surface area contributed by atoms with Crippen molar-refractivity contribution >= 4 is 27.3 Å². The van der Waals surface area contributed by atoms with E-state index in [0.29, 0.717) is 0 Å². The summed E-state index contributed by atoms with van der Waals surface area (Å²) in [5.74, 6) is 0. The SMILES string of the molecule is Cc1cccc(CN(C)Cc2csc(Br)c2)c1. The van der Waals surface area contributed by atoms with Crippen LogP contribution >= 0.6 is 27.3 Å². The predicted octanol–water partition coefficient (Wildman–Crippen LogP) is 4.45. The van der Waals surface area contributed by atoms with Crippen LogP contribution in [0.5, 0.6) is 0 Å². The van der Waals surface area contributed by atoms with Crippen molar-refractivity contribution in [3.63, 3.8) is 0 Å². The first-order valence-electron chi connectivity index (χ1n) is 5.60. The molecule has 2 rings (SSSR count). The van der Waals surface area contributed by atoms with Gasteiger partial charge in [0.1, 0.15) is 0 Å². The Bertz CT molecular complexity index is 492. The Morgan fingerprint density at radius 3 is 2.59 bits per heavy atom. The summed E-state index contributed by atoms with van der Waals surface area (Å²) in [4.78, 5) is 2.34. The molecule has 1 aromatic heterocycles. The smallest absolute Gasteiger partial charge is 0.0701 e. The van der Waals surface area contributed by atoms with Crippen molar-refractivity contribution in [1.82, 2.24) is 4.90 Å². The van der Waals surface area contributed by atoms with E-state index in [-0.39, 0.29) is 0 Å². The summed E-state index contributed by atoms with van der Waals surface area (Å²) in [5.41, 5.74) is 4.08. The third kappa shape index (κ3) is 3.95. The van der Waals surface area contributed by atoms with Crippen molar-refractivity contribution in [3.05, 3.63) is 56.2 Å². The summed E-state index contributed by atoms with van der Waals surface area (Å²) in [6, 6.07) is 10.9. The molecule has 1 heterocycles. The van der Waals surface area contributed by atoms with Crippen molar-refractivity contribution in [1.29, 1.82) is 0 Å². The number of benzene rings is 1. The summed E-state index contributed by atoms with van der Waals surface area (Å²) in [5, 5.41) is 2.21. The van der Waals surface area contributed by atoms with Gasteiger partial charge in [-0.15, -0.1) is 11.3 Å². The van der Waals surface area contributed by atoms with E-state index in [2.05, 4.69) is 70.5 Å². The fourth-order valence-corrected chi connectivity index (χ4v) is 3.12. The van der Waals surface area contributed by atoms with Gasteiger partial charge in [0.15, 0.2) is 0 Å². The van der Waals surface area contributed by atoms with E-state index in [1.54, 1.807) is 11.3 Å². The van der Waals surface area contributed by atoms with Gasteiger partial charge in [0, 0.05) is 13.1 Å². The summed E-state index contributed by atoms with van der Waals surface area (Å²) in [7, 11) is 2.16. The van der Waals surface area contributed by atoms with E-state index in [1.807, 2.05) is 0 Å². The number of aryl methyl sites for hydroxylation is 1. The molecular weight excluding hydrogens is 294 g/mol. The molecule has 0 amide bonds. The second-order valence-corrected chi connectivity index (χ2v) is 6.71. The maximum atomic E-state index is 3.50. The molecule has 0 aliphatic rings. The van der Waals surface area contributed by atoms with Gasteiger partial charge in [0.05, 0.1) is 3.79 Å². The number of thiophene rings is 1. The lowest BCUT2D eigenvalue weighted by atomic mass is 10.1. The zero-order valence-corrected chi connectivity index (χ0v) is 12.5. The number of hydrogen-bond acceptors (Lipinski definition) is 2. The molecule has 0 unspecified atom stereocenters. The van der Waals surface area contributed by atoms with E-state index in [0.717, 1.165) is 13.1 Å². The number of rotatable bonds is 4. The lowest BCUT2D eigenvalue weighted by molar-refractivity contribution is 0.319. The Kier molecular flexibility index (Phi) is 4.37. The van der Waals surface area contributed by atoms with Crippen molar-refractivity contribution in [3.8, 4) is 0 Å². The van der Waals surface area contributed by atoms with Crippen LogP contribution in [0.1, 0.15) is 16.7 Å². The molecule has 0 spiro atoms. The van der Waals surface area contributed by atoms with Crippen molar-refractivity contribution in [2.75, 3.05) is 7.05 Å². The molecule has 2 aromatic rings. The second kappa shape index (κ2) is 5.80. The molecule has 17 heavy (non-hydrogen) atoms. The van der Waals surface area contributed by atoms with E-state index in [9.17, 15) is 0 Å². The Hall–Kier alpha value is -0.640. The predicted molar refractivity (Wildman–Crippen MR) is 78.4 cm³/mol. The molecule has 0 saturated heterocycles. The van der Waals surface area contributed by atoms with Gasteiger partial charge in [-0.2, -0.15) is 0 Å². The fraction of sp³-hybridized carbons (Fsp3) is 0.286. The molecule has 1 aromatic carbocycles. The molecular formula is C14H16BrNS. The monoisotopic (exact) mass is 309 g/mol. The van der Waals surface area contributed by atoms with Crippen LogP contribution in [-0.2, 0) is 13.1 Å². The average Bonchev–Trinajstić information content (AvgIpc) is 2.63. The Morgan fingerprint density at radius 1 is 1.18 bits per heavy atom. The maximum Gasteiger partial charge on any atom is 0.0701 e. The topological polar surface area (TPSA) is 3.24 Å². The molecule has 0 saturated carbocycles. The maximum absolute atomic E-state index is 3.50. The summed E-state index contributed by atoms with van der Waals surface area (Å²) >= 11 is 5.24. The van der Waals surface area contributed by atoms with E-state index < -0.39 is 0 Å². The zero-order valence-electron chi connectivity index (χ0n) is 10.1. The van der Waals surface area contributed by atoms with E-state index in [4.69, 9.17) is 0 Å². The zero-order chi connectivity index (χ0) is 12.3. The second-order valence-electron chi connectivity index (χ2n) is 4.42. The molecule has 0 atom stereocenters. The molecule has 0 aliphatic heterocycles. The summed E-state index contributed by atoms with van der Waals surface area (Å²) in [6.07, 6.45) is 0. The third-order valence-electron chi connectivity index (χ3n) is 2.61. The number of hydrogen-bond donors (Lipinski definition) is 0. The highest BCUT2D eigenvalue weighted by molar-refractivity contribution is 9.11. The van der Waals surface area contributed by atoms with Gasteiger partial charge < -0.3 is 0 Å². The Balaban J connectivity index is 1.95. The third-order valence-corrected chi connectivity index (χ3v) is 4.16. The molecule has 0 bridgehead atoms.